The Morgan fingerprint density at radius 3 is 2.68 bits per heavy atom. The van der Waals surface area contributed by atoms with Gasteiger partial charge in [0.2, 0.25) is 5.91 Å². The fraction of sp³-hybridized carbons (Fsp3) is 0.222. The first-order chi connectivity index (χ1) is 12.1. The Bertz CT molecular complexity index is 782. The van der Waals surface area contributed by atoms with Crippen LogP contribution in [0.1, 0.15) is 17.9 Å². The Hall–Kier alpha value is -2.31. The standard InChI is InChI=1S/C18H18ClN3O2S/c1-24-14-4-2-3-13(9-14)20-18(25)22-21-17(23)16-10-15(16)11-5-7-12(19)8-6-11/h2-9,15-16H,10H2,1H3,(H,21,23)(H2,20,22,25)/t15-,16+/m0/s1. The summed E-state index contributed by atoms with van der Waals surface area (Å²) in [6.45, 7) is 0. The molecule has 1 saturated carbocycles. The van der Waals surface area contributed by atoms with Gasteiger partial charge in [-0.1, -0.05) is 29.8 Å². The Morgan fingerprint density at radius 2 is 1.96 bits per heavy atom. The van der Waals surface area contributed by atoms with Crippen LogP contribution in [-0.4, -0.2) is 18.1 Å². The van der Waals surface area contributed by atoms with E-state index >= 15 is 0 Å². The molecule has 7 heteroatoms. The number of methoxy groups -OCH3 is 1. The summed E-state index contributed by atoms with van der Waals surface area (Å²) in [4.78, 5) is 12.2. The molecule has 130 valence electrons. The first-order valence-electron chi connectivity index (χ1n) is 7.83. The molecular formula is C18H18ClN3O2S. The van der Waals surface area contributed by atoms with Gasteiger partial charge in [-0.25, -0.2) is 0 Å². The number of amides is 1. The predicted octanol–water partition coefficient (Wildman–Crippen LogP) is 3.47. The van der Waals surface area contributed by atoms with Crippen LogP contribution in [0.2, 0.25) is 5.02 Å². The summed E-state index contributed by atoms with van der Waals surface area (Å²) in [6, 6.07) is 15.0. The zero-order chi connectivity index (χ0) is 17.8. The van der Waals surface area contributed by atoms with Gasteiger partial charge in [0.1, 0.15) is 5.75 Å². The van der Waals surface area contributed by atoms with Crippen LogP contribution in [0.5, 0.6) is 5.75 Å². The Morgan fingerprint density at radius 1 is 1.20 bits per heavy atom. The van der Waals surface area contributed by atoms with E-state index in [0.29, 0.717) is 10.1 Å². The van der Waals surface area contributed by atoms with Crippen LogP contribution in [0.3, 0.4) is 0 Å². The number of carbonyl (C=O) groups excluding carboxylic acids is 1. The van der Waals surface area contributed by atoms with Crippen LogP contribution in [0.25, 0.3) is 0 Å². The smallest absolute Gasteiger partial charge is 0.242 e. The minimum atomic E-state index is -0.0743. The summed E-state index contributed by atoms with van der Waals surface area (Å²) in [6.07, 6.45) is 0.825. The number of ether oxygens (including phenoxy) is 1. The minimum absolute atomic E-state index is 0.0479. The van der Waals surface area contributed by atoms with Crippen molar-refractivity contribution in [2.24, 2.45) is 5.92 Å². The monoisotopic (exact) mass is 375 g/mol. The number of hydrazine groups is 1. The van der Waals surface area contributed by atoms with Crippen LogP contribution in [-0.2, 0) is 4.79 Å². The number of rotatable bonds is 4. The number of hydrogen-bond acceptors (Lipinski definition) is 3. The highest BCUT2D eigenvalue weighted by Crippen LogP contribution is 2.47. The van der Waals surface area contributed by atoms with E-state index in [4.69, 9.17) is 28.6 Å². The molecule has 2 aromatic carbocycles. The molecule has 1 aliphatic rings. The molecule has 1 amide bonds. The highest BCUT2D eigenvalue weighted by Gasteiger charge is 2.43. The number of thiocarbonyl (C=S) groups is 1. The number of carbonyl (C=O) groups is 1. The first kappa shape index (κ1) is 17.5. The van der Waals surface area contributed by atoms with Gasteiger partial charge in [0.05, 0.1) is 7.11 Å². The van der Waals surface area contributed by atoms with E-state index in [1.807, 2.05) is 48.5 Å². The van der Waals surface area contributed by atoms with E-state index in [-0.39, 0.29) is 17.7 Å². The Balaban J connectivity index is 1.46. The third kappa shape index (κ3) is 4.61. The summed E-state index contributed by atoms with van der Waals surface area (Å²) in [7, 11) is 1.60. The summed E-state index contributed by atoms with van der Waals surface area (Å²) < 4.78 is 5.15. The third-order valence-electron chi connectivity index (χ3n) is 4.05. The number of anilines is 1. The van der Waals surface area contributed by atoms with E-state index in [1.54, 1.807) is 7.11 Å². The summed E-state index contributed by atoms with van der Waals surface area (Å²) in [5.41, 5.74) is 7.29. The van der Waals surface area contributed by atoms with Gasteiger partial charge >= 0.3 is 0 Å². The van der Waals surface area contributed by atoms with E-state index in [9.17, 15) is 4.79 Å². The fourth-order valence-corrected chi connectivity index (χ4v) is 2.93. The number of nitrogens with one attached hydrogen (secondary N) is 3. The number of halogens is 1. The van der Waals surface area contributed by atoms with Gasteiger partial charge in [0.15, 0.2) is 5.11 Å². The molecule has 0 heterocycles. The Kier molecular flexibility index (Phi) is 5.40. The quantitative estimate of drug-likeness (QED) is 0.564. The minimum Gasteiger partial charge on any atom is -0.497 e. The maximum absolute atomic E-state index is 12.2. The normalized spacial score (nSPS) is 18.2. The van der Waals surface area contributed by atoms with E-state index < -0.39 is 0 Å². The highest BCUT2D eigenvalue weighted by molar-refractivity contribution is 7.80. The second-order valence-corrected chi connectivity index (χ2v) is 6.65. The van der Waals surface area contributed by atoms with Crippen molar-refractivity contribution in [2.45, 2.75) is 12.3 Å². The molecule has 0 aromatic heterocycles. The molecule has 0 bridgehead atoms. The summed E-state index contributed by atoms with van der Waals surface area (Å²) in [5.74, 6) is 0.836. The zero-order valence-electron chi connectivity index (χ0n) is 13.6. The first-order valence-corrected chi connectivity index (χ1v) is 8.62. The van der Waals surface area contributed by atoms with Gasteiger partial charge in [-0.05, 0) is 54.4 Å². The van der Waals surface area contributed by atoms with Crippen LogP contribution in [0.15, 0.2) is 48.5 Å². The second kappa shape index (κ2) is 7.72. The van der Waals surface area contributed by atoms with Crippen LogP contribution in [0, 0.1) is 5.92 Å². The van der Waals surface area contributed by atoms with Crippen LogP contribution < -0.4 is 20.9 Å². The predicted molar refractivity (Wildman–Crippen MR) is 103 cm³/mol. The molecule has 25 heavy (non-hydrogen) atoms. The van der Waals surface area contributed by atoms with Crippen molar-refractivity contribution in [1.29, 1.82) is 0 Å². The maximum atomic E-state index is 12.2. The molecular weight excluding hydrogens is 358 g/mol. The third-order valence-corrected chi connectivity index (χ3v) is 4.51. The average molecular weight is 376 g/mol. The molecule has 2 aromatic rings. The summed E-state index contributed by atoms with van der Waals surface area (Å²) in [5, 5.41) is 4.00. The average Bonchev–Trinajstić information content (AvgIpc) is 3.41. The van der Waals surface area contributed by atoms with Gasteiger partial charge in [0, 0.05) is 22.7 Å². The van der Waals surface area contributed by atoms with Crippen molar-refractivity contribution in [3.05, 3.63) is 59.1 Å². The fourth-order valence-electron chi connectivity index (χ4n) is 2.64. The molecule has 1 fully saturated rings. The van der Waals surface area contributed by atoms with Crippen LogP contribution >= 0.6 is 23.8 Å². The lowest BCUT2D eigenvalue weighted by molar-refractivity contribution is -0.122. The van der Waals surface area contributed by atoms with Gasteiger partial charge in [-0.15, -0.1) is 0 Å². The SMILES string of the molecule is COc1cccc(NC(=S)NNC(=O)[C@@H]2C[C@H]2c2ccc(Cl)cc2)c1. The maximum Gasteiger partial charge on any atom is 0.242 e. The van der Waals surface area contributed by atoms with Gasteiger partial charge in [-0.3, -0.25) is 15.6 Å². The Labute approximate surface area is 156 Å². The van der Waals surface area contributed by atoms with Crippen molar-refractivity contribution in [2.75, 3.05) is 12.4 Å². The van der Waals surface area contributed by atoms with Crippen molar-refractivity contribution in [1.82, 2.24) is 10.9 Å². The molecule has 0 radical (unpaired) electrons. The molecule has 2 atom stereocenters. The van der Waals surface area contributed by atoms with E-state index in [2.05, 4.69) is 16.2 Å². The molecule has 0 spiro atoms. The lowest BCUT2D eigenvalue weighted by Gasteiger charge is -2.12. The lowest BCUT2D eigenvalue weighted by Crippen LogP contribution is -2.44. The lowest BCUT2D eigenvalue weighted by atomic mass is 10.1. The topological polar surface area (TPSA) is 62.4 Å². The van der Waals surface area contributed by atoms with Crippen molar-refractivity contribution < 1.29 is 9.53 Å². The van der Waals surface area contributed by atoms with E-state index in [1.165, 1.54) is 0 Å². The van der Waals surface area contributed by atoms with Crippen molar-refractivity contribution in [3.8, 4) is 5.75 Å². The number of benzene rings is 2. The molecule has 5 nitrogen and oxygen atoms in total. The van der Waals surface area contributed by atoms with Gasteiger partial charge in [0.25, 0.3) is 0 Å². The molecule has 1 aliphatic carbocycles. The molecule has 3 rings (SSSR count). The molecule has 0 aliphatic heterocycles. The highest BCUT2D eigenvalue weighted by atomic mass is 35.5. The zero-order valence-corrected chi connectivity index (χ0v) is 15.2. The molecule has 3 N–H and O–H groups in total. The molecule has 0 saturated heterocycles. The largest absolute Gasteiger partial charge is 0.497 e. The summed E-state index contributed by atoms with van der Waals surface area (Å²) >= 11 is 11.1. The number of hydrogen-bond donors (Lipinski definition) is 3. The van der Waals surface area contributed by atoms with Crippen LogP contribution in [0.4, 0.5) is 5.69 Å². The van der Waals surface area contributed by atoms with Crippen molar-refractivity contribution >= 4 is 40.5 Å². The van der Waals surface area contributed by atoms with Gasteiger partial charge in [-0.2, -0.15) is 0 Å². The van der Waals surface area contributed by atoms with E-state index in [0.717, 1.165) is 23.4 Å². The van der Waals surface area contributed by atoms with Crippen molar-refractivity contribution in [3.63, 3.8) is 0 Å². The molecule has 0 unspecified atom stereocenters. The van der Waals surface area contributed by atoms with Gasteiger partial charge < -0.3 is 10.1 Å². The second-order valence-electron chi connectivity index (χ2n) is 5.80.